The van der Waals surface area contributed by atoms with Crippen LogP contribution in [0, 0.1) is 36.5 Å². The Morgan fingerprint density at radius 3 is 2.44 bits per heavy atom. The second-order valence-corrected chi connectivity index (χ2v) is 14.2. The summed E-state index contributed by atoms with van der Waals surface area (Å²) in [4.78, 5) is 36.0. The van der Waals surface area contributed by atoms with Crippen LogP contribution in [0.4, 0.5) is 5.82 Å². The van der Waals surface area contributed by atoms with Gasteiger partial charge in [-0.15, -0.1) is 24.7 Å². The standard InChI is InChI=1S/C25H34N5O10P3/c1-3-5-7-9-10-11-13-20-18-30(25-23(20)24(26)27-19-28-25)22-15-14-21(38-22)17-29-41(31,37-16-12-8-6-4-2)39-43(35,36)40-42(32,33)34/h1-2,18-19,21-22H,5-10,12,14-17H2,(H,29,31)(H,35,36)(H2,26,27,28)(H2,32,33,34)/t21-,22+,41?/m0/s1. The number of nitrogens with one attached hydrogen (secondary N) is 1. The van der Waals surface area contributed by atoms with Crippen LogP contribution in [0.3, 0.4) is 0 Å². The van der Waals surface area contributed by atoms with Gasteiger partial charge in [-0.05, 0) is 38.5 Å². The predicted molar refractivity (Wildman–Crippen MR) is 158 cm³/mol. The molecule has 1 saturated heterocycles. The third kappa shape index (κ3) is 11.2. The van der Waals surface area contributed by atoms with Crippen molar-refractivity contribution in [1.29, 1.82) is 0 Å². The summed E-state index contributed by atoms with van der Waals surface area (Å²) in [5, 5.41) is 3.02. The van der Waals surface area contributed by atoms with Gasteiger partial charge >= 0.3 is 23.4 Å². The van der Waals surface area contributed by atoms with E-state index in [4.69, 9.17) is 37.6 Å². The van der Waals surface area contributed by atoms with Gasteiger partial charge in [0.1, 0.15) is 24.0 Å². The van der Waals surface area contributed by atoms with E-state index in [0.717, 1.165) is 12.8 Å². The Bertz CT molecular complexity index is 1550. The predicted octanol–water partition coefficient (Wildman–Crippen LogP) is 3.98. The average Bonchev–Trinajstić information content (AvgIpc) is 3.53. The van der Waals surface area contributed by atoms with Gasteiger partial charge in [0.05, 0.1) is 23.7 Å². The maximum Gasteiger partial charge on any atom is 0.489 e. The maximum absolute atomic E-state index is 13.3. The van der Waals surface area contributed by atoms with Crippen LogP contribution in [-0.4, -0.2) is 48.5 Å². The van der Waals surface area contributed by atoms with E-state index in [2.05, 4.69) is 47.4 Å². The molecule has 1 aliphatic heterocycles. The molecule has 0 aliphatic carbocycles. The molecule has 3 rings (SSSR count). The van der Waals surface area contributed by atoms with Crippen LogP contribution in [-0.2, 0) is 31.6 Å². The first-order chi connectivity index (χ1) is 20.4. The fraction of sp³-hybridized carbons (Fsp3) is 0.520. The molecule has 1 aliphatic rings. The Kier molecular flexibility index (Phi) is 13.0. The molecule has 3 heterocycles. The molecule has 0 bridgehead atoms. The number of terminal acetylenes is 2. The molecule has 6 N–H and O–H groups in total. The highest BCUT2D eigenvalue weighted by Crippen LogP contribution is 2.66. The molecule has 0 aromatic carbocycles. The molecule has 0 saturated carbocycles. The van der Waals surface area contributed by atoms with Crippen LogP contribution in [0.15, 0.2) is 12.5 Å². The Labute approximate surface area is 249 Å². The van der Waals surface area contributed by atoms with Crippen molar-refractivity contribution in [3.05, 3.63) is 18.1 Å². The minimum absolute atomic E-state index is 0.172. The first-order valence-electron chi connectivity index (χ1n) is 13.3. The monoisotopic (exact) mass is 657 g/mol. The zero-order valence-electron chi connectivity index (χ0n) is 23.2. The first kappa shape index (κ1) is 35.0. The van der Waals surface area contributed by atoms with Gasteiger partial charge in [0, 0.05) is 32.0 Å². The molecule has 234 valence electrons. The van der Waals surface area contributed by atoms with Crippen LogP contribution in [0.1, 0.15) is 69.6 Å². The van der Waals surface area contributed by atoms with Gasteiger partial charge in [0.15, 0.2) is 0 Å². The highest BCUT2D eigenvalue weighted by atomic mass is 31.3. The number of hydrogen-bond acceptors (Lipinski definition) is 10. The third-order valence-electron chi connectivity index (χ3n) is 6.04. The lowest BCUT2D eigenvalue weighted by molar-refractivity contribution is 0.00650. The minimum atomic E-state index is -5.50. The highest BCUT2D eigenvalue weighted by Gasteiger charge is 2.42. The molecule has 0 amide bonds. The van der Waals surface area contributed by atoms with E-state index in [1.165, 1.54) is 6.33 Å². The molecule has 2 aromatic heterocycles. The number of nitrogens with two attached hydrogens (primary N) is 1. The number of nitrogen functional groups attached to an aromatic ring is 1. The number of hydrogen-bond donors (Lipinski definition) is 5. The molecule has 2 aromatic rings. The van der Waals surface area contributed by atoms with E-state index >= 15 is 0 Å². The van der Waals surface area contributed by atoms with Gasteiger partial charge in [0.25, 0.3) is 0 Å². The zero-order valence-corrected chi connectivity index (χ0v) is 25.9. The first-order valence-corrected chi connectivity index (χ1v) is 17.9. The van der Waals surface area contributed by atoms with Gasteiger partial charge < -0.3 is 29.7 Å². The number of unbranched alkanes of at least 4 members (excludes halogenated alkanes) is 5. The van der Waals surface area contributed by atoms with Crippen LogP contribution in [0.5, 0.6) is 0 Å². The summed E-state index contributed by atoms with van der Waals surface area (Å²) in [6.07, 6.45) is 17.8. The van der Waals surface area contributed by atoms with Crippen LogP contribution >= 0.6 is 23.4 Å². The van der Waals surface area contributed by atoms with Gasteiger partial charge in [-0.1, -0.05) is 11.8 Å². The molecule has 43 heavy (non-hydrogen) atoms. The number of rotatable bonds is 16. The van der Waals surface area contributed by atoms with Gasteiger partial charge in [-0.2, -0.15) is 8.62 Å². The Morgan fingerprint density at radius 1 is 1.05 bits per heavy atom. The van der Waals surface area contributed by atoms with E-state index < -0.39 is 35.7 Å². The van der Waals surface area contributed by atoms with Gasteiger partial charge in [0.2, 0.25) is 0 Å². The van der Waals surface area contributed by atoms with E-state index in [0.29, 0.717) is 61.5 Å². The fourth-order valence-electron chi connectivity index (χ4n) is 4.17. The topological polar surface area (TPSA) is 218 Å². The van der Waals surface area contributed by atoms with Crippen molar-refractivity contribution < 1.29 is 46.3 Å². The second kappa shape index (κ2) is 16.0. The van der Waals surface area contributed by atoms with E-state index in [1.54, 1.807) is 10.8 Å². The van der Waals surface area contributed by atoms with Crippen molar-refractivity contribution in [1.82, 2.24) is 19.6 Å². The van der Waals surface area contributed by atoms with Crippen LogP contribution in [0.2, 0.25) is 0 Å². The molecule has 18 heteroatoms. The molecule has 1 fully saturated rings. The average molecular weight is 657 g/mol. The SMILES string of the molecule is C#CCCCCC#Cc1cn([C@H]2CC[C@@H](CNP(=O)(OCCCCC#C)OP(=O)(O)OP(=O)(O)O)O2)c2ncnc(N)c12. The van der Waals surface area contributed by atoms with Gasteiger partial charge in [-0.3, -0.25) is 4.52 Å². The molecule has 15 nitrogen and oxygen atoms in total. The van der Waals surface area contributed by atoms with E-state index in [9.17, 15) is 18.6 Å². The zero-order chi connectivity index (χ0) is 31.5. The van der Waals surface area contributed by atoms with E-state index in [-0.39, 0.29) is 19.0 Å². The normalized spacial score (nSPS) is 19.6. The van der Waals surface area contributed by atoms with Crippen LogP contribution < -0.4 is 10.8 Å². The number of phosphoric acid groups is 2. The largest absolute Gasteiger partial charge is 0.489 e. The second-order valence-electron chi connectivity index (χ2n) is 9.39. The third-order valence-corrected chi connectivity index (χ3v) is 10.5. The Hall–Kier alpha value is -2.53. The summed E-state index contributed by atoms with van der Waals surface area (Å²) >= 11 is 0. The molecule has 0 spiro atoms. The number of nitrogens with zero attached hydrogens (tertiary/aromatic N) is 3. The summed E-state index contributed by atoms with van der Waals surface area (Å²) < 4.78 is 58.0. The molecule has 2 unspecified atom stereocenters. The number of fused-ring (bicyclic) bond motifs is 1. The molecule has 4 atom stereocenters. The van der Waals surface area contributed by atoms with Crippen molar-refractivity contribution in [2.45, 2.75) is 70.1 Å². The quantitative estimate of drug-likeness (QED) is 0.0980. The lowest BCUT2D eigenvalue weighted by Gasteiger charge is -2.23. The summed E-state index contributed by atoms with van der Waals surface area (Å²) in [6.45, 7) is -0.366. The maximum atomic E-state index is 13.3. The Balaban J connectivity index is 1.71. The Morgan fingerprint density at radius 2 is 1.74 bits per heavy atom. The number of anilines is 1. The summed E-state index contributed by atoms with van der Waals surface area (Å²) in [7, 11) is -15.6. The van der Waals surface area contributed by atoms with E-state index in [1.807, 2.05) is 0 Å². The van der Waals surface area contributed by atoms with Crippen molar-refractivity contribution >= 4 is 40.2 Å². The fourth-order valence-corrected chi connectivity index (χ4v) is 8.03. The lowest BCUT2D eigenvalue weighted by Crippen LogP contribution is -2.26. The smallest absolute Gasteiger partial charge is 0.383 e. The highest BCUT2D eigenvalue weighted by molar-refractivity contribution is 7.67. The number of ether oxygens (including phenoxy) is 1. The van der Waals surface area contributed by atoms with Gasteiger partial charge in [-0.25, -0.2) is 28.8 Å². The van der Waals surface area contributed by atoms with Crippen LogP contribution in [0.25, 0.3) is 11.0 Å². The lowest BCUT2D eigenvalue weighted by atomic mass is 10.2. The molecular weight excluding hydrogens is 623 g/mol. The summed E-state index contributed by atoms with van der Waals surface area (Å²) in [6, 6.07) is 0. The van der Waals surface area contributed by atoms with Crippen molar-refractivity contribution in [2.75, 3.05) is 18.9 Å². The minimum Gasteiger partial charge on any atom is -0.383 e. The number of aromatic nitrogens is 3. The van der Waals surface area contributed by atoms with Crippen molar-refractivity contribution in [2.24, 2.45) is 0 Å². The van der Waals surface area contributed by atoms with Crippen molar-refractivity contribution in [3.8, 4) is 36.5 Å². The summed E-state index contributed by atoms with van der Waals surface area (Å²) in [5.74, 6) is 11.6. The molecule has 0 radical (unpaired) electrons. The van der Waals surface area contributed by atoms with Crippen molar-refractivity contribution in [3.63, 3.8) is 0 Å². The summed E-state index contributed by atoms with van der Waals surface area (Å²) in [5.41, 5.74) is 7.29. The molecular formula is C25H34N5O10P3.